The molecular formula is C16H18N2O4. The Morgan fingerprint density at radius 3 is 1.82 bits per heavy atom. The maximum Gasteiger partial charge on any atom is 0.254 e. The number of hydrogen-bond acceptors (Lipinski definition) is 4. The largest absolute Gasteiger partial charge is 0.272 e. The maximum absolute atomic E-state index is 12.0. The number of nitrogens with zero attached hydrogens (tertiary/aromatic N) is 2. The SMILES string of the molecule is CCC1(N2C(=O)C=CC2=O)CCC(N2C(=O)C=CC2=O)CC1. The average Bonchev–Trinajstić information content (AvgIpc) is 3.02. The minimum atomic E-state index is -0.493. The highest BCUT2D eigenvalue weighted by Gasteiger charge is 2.47. The maximum atomic E-state index is 12.0. The zero-order valence-corrected chi connectivity index (χ0v) is 12.4. The van der Waals surface area contributed by atoms with Crippen molar-refractivity contribution in [2.45, 2.75) is 50.6 Å². The molecule has 2 heterocycles. The van der Waals surface area contributed by atoms with E-state index in [1.165, 1.54) is 34.1 Å². The van der Waals surface area contributed by atoms with Gasteiger partial charge in [0.25, 0.3) is 23.6 Å². The summed E-state index contributed by atoms with van der Waals surface area (Å²) in [5.41, 5.74) is -0.493. The van der Waals surface area contributed by atoms with Crippen molar-refractivity contribution in [2.24, 2.45) is 0 Å². The molecule has 2 aliphatic heterocycles. The van der Waals surface area contributed by atoms with Crippen molar-refractivity contribution in [3.05, 3.63) is 24.3 Å². The number of amides is 4. The Kier molecular flexibility index (Phi) is 3.47. The van der Waals surface area contributed by atoms with E-state index in [1.54, 1.807) is 0 Å². The van der Waals surface area contributed by atoms with Gasteiger partial charge in [-0.1, -0.05) is 6.92 Å². The molecule has 1 fully saturated rings. The van der Waals surface area contributed by atoms with Gasteiger partial charge in [0.05, 0.1) is 5.54 Å². The van der Waals surface area contributed by atoms with E-state index in [1.807, 2.05) is 6.92 Å². The van der Waals surface area contributed by atoms with Crippen molar-refractivity contribution in [1.29, 1.82) is 0 Å². The molecule has 4 amide bonds. The summed E-state index contributed by atoms with van der Waals surface area (Å²) in [6.45, 7) is 1.97. The molecule has 0 N–H and O–H groups in total. The Hall–Kier alpha value is -2.24. The first-order valence-electron chi connectivity index (χ1n) is 7.60. The topological polar surface area (TPSA) is 74.8 Å². The Morgan fingerprint density at radius 2 is 1.36 bits per heavy atom. The summed E-state index contributed by atoms with van der Waals surface area (Å²) in [5.74, 6) is -1.07. The Morgan fingerprint density at radius 1 is 0.909 bits per heavy atom. The Balaban J connectivity index is 1.74. The van der Waals surface area contributed by atoms with Crippen molar-refractivity contribution >= 4 is 23.6 Å². The van der Waals surface area contributed by atoms with Gasteiger partial charge in [0.1, 0.15) is 0 Å². The third-order valence-electron chi connectivity index (χ3n) is 5.04. The molecular weight excluding hydrogens is 284 g/mol. The fraction of sp³-hybridized carbons (Fsp3) is 0.500. The molecule has 6 nitrogen and oxygen atoms in total. The summed E-state index contributed by atoms with van der Waals surface area (Å²) in [7, 11) is 0. The predicted octanol–water partition coefficient (Wildman–Crippen LogP) is 0.928. The molecule has 0 aromatic rings. The van der Waals surface area contributed by atoms with E-state index >= 15 is 0 Å². The minimum absolute atomic E-state index is 0.143. The summed E-state index contributed by atoms with van der Waals surface area (Å²) in [5, 5.41) is 0. The van der Waals surface area contributed by atoms with Crippen LogP contribution in [0.3, 0.4) is 0 Å². The van der Waals surface area contributed by atoms with Crippen LogP contribution in [0.5, 0.6) is 0 Å². The molecule has 0 spiro atoms. The summed E-state index contributed by atoms with van der Waals surface area (Å²) >= 11 is 0. The molecule has 3 aliphatic rings. The molecule has 0 aromatic heterocycles. The Bertz CT molecular complexity index is 576. The molecule has 22 heavy (non-hydrogen) atoms. The molecule has 6 heteroatoms. The summed E-state index contributed by atoms with van der Waals surface area (Å²) in [6, 6.07) is -0.143. The van der Waals surface area contributed by atoms with E-state index in [0.29, 0.717) is 32.1 Å². The zero-order valence-electron chi connectivity index (χ0n) is 12.4. The van der Waals surface area contributed by atoms with Crippen LogP contribution in [-0.2, 0) is 19.2 Å². The number of imide groups is 2. The highest BCUT2D eigenvalue weighted by molar-refractivity contribution is 6.14. The van der Waals surface area contributed by atoms with Crippen LogP contribution in [0.25, 0.3) is 0 Å². The average molecular weight is 302 g/mol. The molecule has 3 rings (SSSR count). The van der Waals surface area contributed by atoms with Crippen molar-refractivity contribution in [1.82, 2.24) is 9.80 Å². The van der Waals surface area contributed by atoms with E-state index in [2.05, 4.69) is 0 Å². The van der Waals surface area contributed by atoms with Gasteiger partial charge in [0, 0.05) is 30.3 Å². The highest BCUT2D eigenvalue weighted by Crippen LogP contribution is 2.40. The van der Waals surface area contributed by atoms with Crippen LogP contribution < -0.4 is 0 Å². The quantitative estimate of drug-likeness (QED) is 0.727. The molecule has 0 saturated heterocycles. The summed E-state index contributed by atoms with van der Waals surface area (Å²) in [4.78, 5) is 50.1. The smallest absolute Gasteiger partial charge is 0.254 e. The number of hydrogen-bond donors (Lipinski definition) is 0. The molecule has 1 aliphatic carbocycles. The first kappa shape index (κ1) is 14.7. The van der Waals surface area contributed by atoms with Crippen LogP contribution in [-0.4, -0.2) is 45.0 Å². The number of carbonyl (C=O) groups is 4. The van der Waals surface area contributed by atoms with Crippen LogP contribution in [0.4, 0.5) is 0 Å². The van der Waals surface area contributed by atoms with E-state index in [0.717, 1.165) is 0 Å². The lowest BCUT2D eigenvalue weighted by Gasteiger charge is -2.46. The number of rotatable bonds is 3. The molecule has 0 radical (unpaired) electrons. The van der Waals surface area contributed by atoms with Gasteiger partial charge < -0.3 is 0 Å². The highest BCUT2D eigenvalue weighted by atomic mass is 16.2. The van der Waals surface area contributed by atoms with Crippen LogP contribution >= 0.6 is 0 Å². The van der Waals surface area contributed by atoms with Gasteiger partial charge in [0.2, 0.25) is 0 Å². The summed E-state index contributed by atoms with van der Waals surface area (Å²) < 4.78 is 0. The third-order valence-corrected chi connectivity index (χ3v) is 5.04. The minimum Gasteiger partial charge on any atom is -0.272 e. The van der Waals surface area contributed by atoms with E-state index < -0.39 is 5.54 Å². The van der Waals surface area contributed by atoms with Crippen LogP contribution in [0.15, 0.2) is 24.3 Å². The monoisotopic (exact) mass is 302 g/mol. The first-order chi connectivity index (χ1) is 10.5. The van der Waals surface area contributed by atoms with Crippen molar-refractivity contribution in [3.63, 3.8) is 0 Å². The van der Waals surface area contributed by atoms with Gasteiger partial charge in [-0.3, -0.25) is 29.0 Å². The molecule has 0 aromatic carbocycles. The van der Waals surface area contributed by atoms with Crippen molar-refractivity contribution in [3.8, 4) is 0 Å². The first-order valence-corrected chi connectivity index (χ1v) is 7.60. The summed E-state index contributed by atoms with van der Waals surface area (Å²) in [6.07, 6.45) is 8.34. The van der Waals surface area contributed by atoms with Crippen LogP contribution in [0.2, 0.25) is 0 Å². The second-order valence-electron chi connectivity index (χ2n) is 6.03. The molecule has 0 unspecified atom stereocenters. The lowest BCUT2D eigenvalue weighted by molar-refractivity contribution is -0.149. The fourth-order valence-electron chi connectivity index (χ4n) is 3.77. The van der Waals surface area contributed by atoms with Crippen molar-refractivity contribution < 1.29 is 19.2 Å². The van der Waals surface area contributed by atoms with Gasteiger partial charge in [-0.05, 0) is 32.1 Å². The zero-order chi connectivity index (χ0) is 15.9. The van der Waals surface area contributed by atoms with E-state index in [9.17, 15) is 19.2 Å². The molecule has 0 bridgehead atoms. The second kappa shape index (κ2) is 5.19. The lowest BCUT2D eigenvalue weighted by Crippen LogP contribution is -2.56. The standard InChI is InChI=1S/C16H18N2O4/c1-2-16(18-14(21)5-6-15(18)22)9-7-11(8-10-16)17-12(19)3-4-13(17)20/h3-6,11H,2,7-10H2,1H3. The Labute approximate surface area is 128 Å². The van der Waals surface area contributed by atoms with Gasteiger partial charge in [-0.15, -0.1) is 0 Å². The van der Waals surface area contributed by atoms with Crippen LogP contribution in [0.1, 0.15) is 39.0 Å². The third kappa shape index (κ3) is 2.10. The van der Waals surface area contributed by atoms with Gasteiger partial charge in [0.15, 0.2) is 0 Å². The van der Waals surface area contributed by atoms with Gasteiger partial charge in [-0.25, -0.2) is 0 Å². The van der Waals surface area contributed by atoms with Gasteiger partial charge in [-0.2, -0.15) is 0 Å². The lowest BCUT2D eigenvalue weighted by atomic mass is 9.76. The molecule has 116 valence electrons. The predicted molar refractivity (Wildman–Crippen MR) is 77.3 cm³/mol. The normalized spacial score (nSPS) is 31.8. The number of carbonyl (C=O) groups excluding carboxylic acids is 4. The second-order valence-corrected chi connectivity index (χ2v) is 6.03. The molecule has 0 atom stereocenters. The van der Waals surface area contributed by atoms with Crippen molar-refractivity contribution in [2.75, 3.05) is 0 Å². The van der Waals surface area contributed by atoms with Gasteiger partial charge >= 0.3 is 0 Å². The van der Waals surface area contributed by atoms with E-state index in [-0.39, 0.29) is 29.7 Å². The fourth-order valence-corrected chi connectivity index (χ4v) is 3.77. The van der Waals surface area contributed by atoms with E-state index in [4.69, 9.17) is 0 Å². The van der Waals surface area contributed by atoms with Crippen LogP contribution in [0, 0.1) is 0 Å². The molecule has 1 saturated carbocycles.